The van der Waals surface area contributed by atoms with E-state index in [0.717, 1.165) is 5.69 Å². The minimum absolute atomic E-state index is 0.0354. The Morgan fingerprint density at radius 1 is 0.900 bits per heavy atom. The van der Waals surface area contributed by atoms with Crippen LogP contribution >= 0.6 is 20.5 Å². The molecule has 20 heavy (non-hydrogen) atoms. The highest BCUT2D eigenvalue weighted by molar-refractivity contribution is 8.86. The van der Waals surface area contributed by atoms with E-state index in [1.807, 2.05) is 23.1 Å². The van der Waals surface area contributed by atoms with Gasteiger partial charge in [-0.05, 0) is 33.9 Å². The second kappa shape index (κ2) is 4.96. The molecule has 0 saturated carbocycles. The van der Waals surface area contributed by atoms with E-state index in [2.05, 4.69) is 69.5 Å². The zero-order valence-electron chi connectivity index (χ0n) is 10.6. The lowest BCUT2D eigenvalue weighted by atomic mass is 10.1. The quantitative estimate of drug-likeness (QED) is 0.597. The third-order valence-electron chi connectivity index (χ3n) is 3.21. The molecule has 2 heterocycles. The SMILES string of the molecule is C1=NN(c2ccccc2)S2=C1C(c1ccccc1)=CS2. The molecular weight excluding hydrogens is 284 g/mol. The Hall–Kier alpha value is -1.78. The molecule has 0 amide bonds. The maximum atomic E-state index is 4.59. The van der Waals surface area contributed by atoms with Crippen LogP contribution in [0.1, 0.15) is 5.56 Å². The van der Waals surface area contributed by atoms with Crippen LogP contribution in [0, 0.1) is 0 Å². The minimum atomic E-state index is -0.0354. The van der Waals surface area contributed by atoms with E-state index in [1.54, 1.807) is 0 Å². The molecule has 1 unspecified atom stereocenters. The zero-order chi connectivity index (χ0) is 13.4. The average molecular weight is 296 g/mol. The molecule has 4 rings (SSSR count). The van der Waals surface area contributed by atoms with Gasteiger partial charge in [0.1, 0.15) is 0 Å². The smallest absolute Gasteiger partial charge is 0.0726 e. The topological polar surface area (TPSA) is 15.6 Å². The van der Waals surface area contributed by atoms with Crippen LogP contribution in [-0.4, -0.2) is 11.1 Å². The van der Waals surface area contributed by atoms with E-state index in [4.69, 9.17) is 0 Å². The van der Waals surface area contributed by atoms with Crippen molar-refractivity contribution in [1.29, 1.82) is 0 Å². The van der Waals surface area contributed by atoms with Gasteiger partial charge in [-0.3, -0.25) is 0 Å². The lowest BCUT2D eigenvalue weighted by Gasteiger charge is -2.16. The first kappa shape index (κ1) is 12.0. The first-order valence-corrected chi connectivity index (χ1v) is 8.95. The van der Waals surface area contributed by atoms with Gasteiger partial charge in [-0.1, -0.05) is 48.5 Å². The maximum absolute atomic E-state index is 4.59. The molecule has 98 valence electrons. The molecule has 4 heteroatoms. The van der Waals surface area contributed by atoms with Gasteiger partial charge in [0.2, 0.25) is 0 Å². The number of rotatable bonds is 2. The molecule has 0 N–H and O–H groups in total. The Bertz CT molecular complexity index is 734. The van der Waals surface area contributed by atoms with Crippen molar-refractivity contribution in [1.82, 2.24) is 0 Å². The summed E-state index contributed by atoms with van der Waals surface area (Å²) in [5.41, 5.74) is 3.73. The van der Waals surface area contributed by atoms with Gasteiger partial charge in [-0.15, -0.1) is 0 Å². The summed E-state index contributed by atoms with van der Waals surface area (Å²) in [5.74, 6) is 0. The molecule has 0 spiro atoms. The summed E-state index contributed by atoms with van der Waals surface area (Å²) in [6.45, 7) is 0. The molecule has 1 atom stereocenters. The highest BCUT2D eigenvalue weighted by atomic mass is 33.1. The summed E-state index contributed by atoms with van der Waals surface area (Å²) in [6, 6.07) is 20.9. The van der Waals surface area contributed by atoms with Crippen LogP contribution in [0.15, 0.2) is 71.2 Å². The van der Waals surface area contributed by atoms with Crippen molar-refractivity contribution in [2.45, 2.75) is 0 Å². The summed E-state index contributed by atoms with van der Waals surface area (Å²) in [6.07, 6.45) is 2.01. The van der Waals surface area contributed by atoms with Gasteiger partial charge >= 0.3 is 0 Å². The second-order valence-corrected chi connectivity index (χ2v) is 7.70. The average Bonchev–Trinajstić information content (AvgIpc) is 3.10. The Kier molecular flexibility index (Phi) is 2.98. The second-order valence-electron chi connectivity index (χ2n) is 4.46. The number of allylic oxidation sites excluding steroid dienone is 1. The summed E-state index contributed by atoms with van der Waals surface area (Å²) in [7, 11) is 1.81. The minimum Gasteiger partial charge on any atom is -0.203 e. The van der Waals surface area contributed by atoms with E-state index in [9.17, 15) is 0 Å². The molecule has 0 radical (unpaired) electrons. The molecule has 0 saturated heterocycles. The van der Waals surface area contributed by atoms with Crippen LogP contribution in [0.5, 0.6) is 0 Å². The first-order valence-electron chi connectivity index (χ1n) is 6.37. The van der Waals surface area contributed by atoms with Crippen LogP contribution in [0.2, 0.25) is 0 Å². The fraction of sp³-hybridized carbons (Fsp3) is 0. The van der Waals surface area contributed by atoms with Gasteiger partial charge in [-0.25, -0.2) is 4.41 Å². The van der Waals surface area contributed by atoms with Crippen molar-refractivity contribution >= 4 is 42.8 Å². The lowest BCUT2D eigenvalue weighted by molar-refractivity contribution is 1.23. The largest absolute Gasteiger partial charge is 0.203 e. The molecule has 2 aromatic rings. The third kappa shape index (κ3) is 1.92. The molecule has 2 aliphatic rings. The van der Waals surface area contributed by atoms with Crippen LogP contribution in [0.4, 0.5) is 5.69 Å². The number of hydrogen-bond acceptors (Lipinski definition) is 3. The fourth-order valence-electron chi connectivity index (χ4n) is 2.24. The molecule has 0 aliphatic carbocycles. The van der Waals surface area contributed by atoms with Crippen molar-refractivity contribution in [3.8, 4) is 0 Å². The van der Waals surface area contributed by atoms with Gasteiger partial charge in [0.25, 0.3) is 0 Å². The Labute approximate surface area is 124 Å². The summed E-state index contributed by atoms with van der Waals surface area (Å²) < 4.78 is 2.12. The maximum Gasteiger partial charge on any atom is 0.0726 e. The number of hydrogen-bond donors (Lipinski definition) is 0. The Morgan fingerprint density at radius 3 is 2.35 bits per heavy atom. The van der Waals surface area contributed by atoms with Gasteiger partial charge in [0, 0.05) is 15.3 Å². The van der Waals surface area contributed by atoms with E-state index in [0.29, 0.717) is 0 Å². The van der Waals surface area contributed by atoms with E-state index in [-0.39, 0.29) is 9.70 Å². The van der Waals surface area contributed by atoms with Gasteiger partial charge in [-0.2, -0.15) is 5.10 Å². The Morgan fingerprint density at radius 2 is 1.60 bits per heavy atom. The molecule has 0 aromatic heterocycles. The van der Waals surface area contributed by atoms with Crippen LogP contribution < -0.4 is 4.41 Å². The normalized spacial score (nSPS) is 20.2. The molecule has 2 aromatic carbocycles. The van der Waals surface area contributed by atoms with Crippen molar-refractivity contribution in [2.24, 2.45) is 5.10 Å². The number of hydrazone groups is 1. The van der Waals surface area contributed by atoms with Crippen LogP contribution in [0.25, 0.3) is 5.57 Å². The van der Waals surface area contributed by atoms with E-state index < -0.39 is 0 Å². The molecule has 2 aliphatic heterocycles. The number of anilines is 1. The highest BCUT2D eigenvalue weighted by Crippen LogP contribution is 2.50. The number of para-hydroxylation sites is 1. The van der Waals surface area contributed by atoms with E-state index >= 15 is 0 Å². The van der Waals surface area contributed by atoms with Crippen LogP contribution in [0.3, 0.4) is 0 Å². The van der Waals surface area contributed by atoms with E-state index in [1.165, 1.54) is 16.0 Å². The number of benzene rings is 2. The predicted octanol–water partition coefficient (Wildman–Crippen LogP) is 4.55. The predicted molar refractivity (Wildman–Crippen MR) is 92.0 cm³/mol. The molecule has 0 bridgehead atoms. The van der Waals surface area contributed by atoms with Crippen molar-refractivity contribution in [2.75, 3.05) is 4.41 Å². The molecular formula is C16H12N2S2. The lowest BCUT2D eigenvalue weighted by Crippen LogP contribution is -2.02. The zero-order valence-corrected chi connectivity index (χ0v) is 12.3. The molecule has 0 fully saturated rings. The summed E-state index contributed by atoms with van der Waals surface area (Å²) in [4.78, 5) is 1.32. The van der Waals surface area contributed by atoms with Crippen molar-refractivity contribution < 1.29 is 0 Å². The van der Waals surface area contributed by atoms with Crippen molar-refractivity contribution in [3.05, 3.63) is 71.6 Å². The number of nitrogens with zero attached hydrogens (tertiary/aromatic N) is 2. The first-order chi connectivity index (χ1) is 9.93. The summed E-state index contributed by atoms with van der Waals surface area (Å²) in [5, 5.41) is 6.85. The van der Waals surface area contributed by atoms with Crippen LogP contribution in [-0.2, 0) is 0 Å². The Balaban J connectivity index is 1.72. The highest BCUT2D eigenvalue weighted by Gasteiger charge is 2.27. The fourth-order valence-corrected chi connectivity index (χ4v) is 5.97. The summed E-state index contributed by atoms with van der Waals surface area (Å²) >= 11 is 0. The van der Waals surface area contributed by atoms with Crippen molar-refractivity contribution in [3.63, 3.8) is 0 Å². The molecule has 2 nitrogen and oxygen atoms in total. The van der Waals surface area contributed by atoms with Gasteiger partial charge in [0.15, 0.2) is 0 Å². The van der Waals surface area contributed by atoms with Gasteiger partial charge < -0.3 is 0 Å². The monoisotopic (exact) mass is 296 g/mol. The van der Waals surface area contributed by atoms with Gasteiger partial charge in [0.05, 0.1) is 16.8 Å². The standard InChI is InChI=1S/C16H12N2S2/c1-3-7-13(8-4-1)15-12-19-20-16(15)11-17-18(20)14-9-5-2-6-10-14/h1-12H. The third-order valence-corrected chi connectivity index (χ3v) is 6.84.